The first-order valence-corrected chi connectivity index (χ1v) is 37.4. The quantitative estimate of drug-likeness (QED) is 0.0387. The van der Waals surface area contributed by atoms with Gasteiger partial charge in [0.1, 0.15) is 23.1 Å². The third-order valence-electron chi connectivity index (χ3n) is 21.8. The summed E-state index contributed by atoms with van der Waals surface area (Å²) >= 11 is 0. The molecule has 24 nitrogen and oxygen atoms in total. The van der Waals surface area contributed by atoms with Gasteiger partial charge in [-0.05, 0) is 134 Å². The second-order valence-electron chi connectivity index (χ2n) is 33.9. The molecule has 4 bridgehead atoms. The molecule has 2 saturated heterocycles. The van der Waals surface area contributed by atoms with Gasteiger partial charge in [0.05, 0.1) is 41.7 Å². The summed E-state index contributed by atoms with van der Waals surface area (Å²) in [5.74, 6) is 1.18. The summed E-state index contributed by atoms with van der Waals surface area (Å²) in [6.07, 6.45) is 11.0. The number of likely N-dealkylation sites (tertiary alicyclic amines) is 2. The van der Waals surface area contributed by atoms with Crippen molar-refractivity contribution < 1.29 is 47.8 Å². The summed E-state index contributed by atoms with van der Waals surface area (Å²) in [6, 6.07) is 44.6. The fraction of sp³-hybridized carbons (Fsp3) is 0.395. The number of hydrogen-bond donors (Lipinski definition) is 6. The number of piperidine rings is 2. The molecule has 574 valence electrons. The van der Waals surface area contributed by atoms with E-state index in [-0.39, 0.29) is 59.4 Å². The fourth-order valence-corrected chi connectivity index (χ4v) is 17.0. The number of fused-ring (bicyclic) bond motifs is 5. The van der Waals surface area contributed by atoms with E-state index in [0.717, 1.165) is 74.4 Å². The second kappa shape index (κ2) is 30.5. The topological polar surface area (TPSA) is 295 Å². The molecule has 6 heterocycles. The van der Waals surface area contributed by atoms with Crippen LogP contribution >= 0.6 is 0 Å². The van der Waals surface area contributed by atoms with Crippen molar-refractivity contribution in [3.63, 3.8) is 0 Å². The zero-order valence-corrected chi connectivity index (χ0v) is 65.3. The van der Waals surface area contributed by atoms with Gasteiger partial charge in [-0.25, -0.2) is 19.0 Å². The molecule has 13 rings (SSSR count). The molecular formula is C86H100N14O10. The molecule has 0 radical (unpaired) electrons. The van der Waals surface area contributed by atoms with Gasteiger partial charge in [0.2, 0.25) is 35.4 Å². The second-order valence-corrected chi connectivity index (χ2v) is 33.9. The van der Waals surface area contributed by atoms with Crippen LogP contribution in [-0.4, -0.2) is 114 Å². The predicted molar refractivity (Wildman–Crippen MR) is 423 cm³/mol. The Morgan fingerprint density at radius 1 is 0.445 bits per heavy atom. The number of hydrogen-bond acceptors (Lipinski definition) is 14. The standard InChI is InChI=1S/C45H51N7O5.C41H49N7O5/c1-42(2,3)36-23-37(49-41(56)48-34-18-19-35(33-13-9-8-12-32(33)34)57-22-20-29-11-10-21-46-24-29)52(50-36)31-16-14-30(15-17-31)25-47-38(53)43(4)26-44(5)28-45(6,27-43)40(55)51(7)39(44)54;1-38(2,3)32-21-33(45-37(52)44-29-12-16-31(17-13-29)53-20-18-27-9-8-19-42-22-27)48(46-32)30-14-10-28(11-15-30)23-43-34(49)39(4)24-40(5)26-41(6,25-39)36(51)47(7)35(40)50/h8-19,21,23-24H,20,22,25-28H2,1-7H3,(H,47,53)(H2,48,49,56);8-17,19,21-22H,18,20,23-26H2,1-7H3,(H,43,49)(H2,44,45,52). The van der Waals surface area contributed by atoms with Gasteiger partial charge < -0.3 is 30.7 Å². The summed E-state index contributed by atoms with van der Waals surface area (Å²) < 4.78 is 15.4. The Morgan fingerprint density at radius 2 is 0.855 bits per heavy atom. The highest BCUT2D eigenvalue weighted by atomic mass is 16.5. The molecule has 2 aliphatic carbocycles. The van der Waals surface area contributed by atoms with E-state index in [0.29, 0.717) is 80.5 Å². The number of carbonyl (C=O) groups excluding carboxylic acids is 8. The van der Waals surface area contributed by atoms with Crippen LogP contribution in [0.2, 0.25) is 0 Å². The average molecular weight is 1490 g/mol. The number of imide groups is 2. The van der Waals surface area contributed by atoms with Crippen LogP contribution in [0, 0.1) is 32.5 Å². The van der Waals surface area contributed by atoms with Crippen LogP contribution in [0.25, 0.3) is 22.1 Å². The third kappa shape index (κ3) is 16.8. The van der Waals surface area contributed by atoms with Crippen molar-refractivity contribution in [1.29, 1.82) is 0 Å². The fourth-order valence-electron chi connectivity index (χ4n) is 17.0. The van der Waals surface area contributed by atoms with Gasteiger partial charge in [-0.3, -0.25) is 59.2 Å². The molecule has 4 atom stereocenters. The summed E-state index contributed by atoms with van der Waals surface area (Å²) in [5.41, 5.74) is 2.78. The highest BCUT2D eigenvalue weighted by molar-refractivity contribution is 6.08. The number of rotatable bonds is 20. The molecule has 110 heavy (non-hydrogen) atoms. The lowest BCUT2D eigenvalue weighted by atomic mass is 9.51. The molecule has 0 spiro atoms. The molecule has 4 unspecified atom stereocenters. The van der Waals surface area contributed by atoms with Crippen molar-refractivity contribution in [2.24, 2.45) is 32.5 Å². The first kappa shape index (κ1) is 78.0. The predicted octanol–water partition coefficient (Wildman–Crippen LogP) is 14.4. The Morgan fingerprint density at radius 3 is 1.26 bits per heavy atom. The molecule has 6 N–H and O–H groups in total. The zero-order chi connectivity index (χ0) is 78.9. The van der Waals surface area contributed by atoms with E-state index in [1.54, 1.807) is 40.9 Å². The van der Waals surface area contributed by atoms with Crippen LogP contribution < -0.4 is 41.4 Å². The van der Waals surface area contributed by atoms with Crippen molar-refractivity contribution in [2.45, 2.75) is 158 Å². The molecule has 4 aliphatic rings. The zero-order valence-electron chi connectivity index (χ0n) is 65.3. The van der Waals surface area contributed by atoms with E-state index in [2.05, 4.69) is 83.4 Å². The Balaban J connectivity index is 0.000000205. The smallest absolute Gasteiger partial charge is 0.324 e. The van der Waals surface area contributed by atoms with Gasteiger partial charge >= 0.3 is 12.1 Å². The number of ether oxygens (including phenoxy) is 2. The van der Waals surface area contributed by atoms with E-state index in [9.17, 15) is 38.4 Å². The molecule has 4 fully saturated rings. The lowest BCUT2D eigenvalue weighted by Gasteiger charge is -2.55. The number of urea groups is 2. The van der Waals surface area contributed by atoms with Gasteiger partial charge in [-0.1, -0.05) is 144 Å². The third-order valence-corrected chi connectivity index (χ3v) is 21.8. The number of benzene rings is 5. The van der Waals surface area contributed by atoms with Gasteiger partial charge in [0.15, 0.2) is 0 Å². The average Bonchev–Trinajstić information content (AvgIpc) is 0.924. The van der Waals surface area contributed by atoms with Crippen molar-refractivity contribution >= 4 is 81.3 Å². The lowest BCUT2D eigenvalue weighted by Crippen LogP contribution is -2.63. The molecule has 5 aromatic carbocycles. The van der Waals surface area contributed by atoms with Gasteiger partial charge in [-0.2, -0.15) is 10.2 Å². The minimum Gasteiger partial charge on any atom is -0.493 e. The van der Waals surface area contributed by atoms with Crippen molar-refractivity contribution in [3.8, 4) is 22.9 Å². The van der Waals surface area contributed by atoms with Crippen molar-refractivity contribution in [1.82, 2.24) is 50.0 Å². The minimum absolute atomic E-state index is 0.175. The molecule has 2 aliphatic heterocycles. The van der Waals surface area contributed by atoms with E-state index >= 15 is 0 Å². The number of nitrogens with one attached hydrogen (secondary N) is 6. The van der Waals surface area contributed by atoms with Gasteiger partial charge in [0, 0.05) is 137 Å². The molecule has 9 aromatic rings. The van der Waals surface area contributed by atoms with Crippen LogP contribution in [0.1, 0.15) is 155 Å². The Kier molecular flexibility index (Phi) is 21.6. The van der Waals surface area contributed by atoms with E-state index in [1.807, 2.05) is 187 Å². The molecule has 24 heteroatoms. The number of amides is 10. The van der Waals surface area contributed by atoms with E-state index < -0.39 is 44.6 Å². The summed E-state index contributed by atoms with van der Waals surface area (Å²) in [7, 11) is 3.08. The highest BCUT2D eigenvalue weighted by Gasteiger charge is 2.64. The van der Waals surface area contributed by atoms with E-state index in [4.69, 9.17) is 19.7 Å². The van der Waals surface area contributed by atoms with Crippen LogP contribution in [0.15, 0.2) is 170 Å². The SMILES string of the molecule is CN1C(=O)C2(C)CC(C)(C(=O)NCc3ccc(-n4nc(C(C)(C)C)cc4NC(=O)Nc4ccc(OCCc5cccnc5)c5ccccc45)cc3)CC(C)(C2)C1=O.CN1C(=O)C2(C)CC(C)(C(=O)NCc3ccc(-n4nc(C(C)(C)C)cc4NC(=O)Nc4ccc(OCCc5cccnc5)cc4)cc3)CC(C)(C2)C1=O. The highest BCUT2D eigenvalue weighted by Crippen LogP contribution is 2.60. The van der Waals surface area contributed by atoms with Crippen LogP contribution in [0.4, 0.5) is 32.6 Å². The Hall–Kier alpha value is -11.6. The van der Waals surface area contributed by atoms with Crippen LogP contribution in [-0.2, 0) is 65.5 Å². The summed E-state index contributed by atoms with van der Waals surface area (Å²) in [5, 5.41) is 29.5. The van der Waals surface area contributed by atoms with Crippen molar-refractivity contribution in [2.75, 3.05) is 48.6 Å². The van der Waals surface area contributed by atoms with Crippen LogP contribution in [0.3, 0.4) is 0 Å². The van der Waals surface area contributed by atoms with Crippen molar-refractivity contribution in [3.05, 3.63) is 204 Å². The normalized spacial score (nSPS) is 22.3. The van der Waals surface area contributed by atoms with E-state index in [1.165, 1.54) is 16.8 Å². The molecule has 2 saturated carbocycles. The molecule has 10 amide bonds. The number of nitrogens with zero attached hydrogens (tertiary/aromatic N) is 8. The maximum Gasteiger partial charge on any atom is 0.324 e. The summed E-state index contributed by atoms with van der Waals surface area (Å²) in [6.45, 7) is 25.1. The lowest BCUT2D eigenvalue weighted by molar-refractivity contribution is -0.179. The number of anilines is 4. The Labute approximate surface area is 642 Å². The first-order chi connectivity index (χ1) is 52.0. The number of pyridine rings is 2. The van der Waals surface area contributed by atoms with Gasteiger partial charge in [-0.15, -0.1) is 0 Å². The number of aromatic nitrogens is 6. The largest absolute Gasteiger partial charge is 0.493 e. The minimum atomic E-state index is -0.878. The Bertz CT molecular complexity index is 4910. The molecular weight excluding hydrogens is 1390 g/mol. The maximum atomic E-state index is 13.7. The maximum absolute atomic E-state index is 13.7. The monoisotopic (exact) mass is 1490 g/mol. The summed E-state index contributed by atoms with van der Waals surface area (Å²) in [4.78, 5) is 117. The number of carbonyl (C=O) groups is 8. The van der Waals surface area contributed by atoms with Crippen LogP contribution in [0.5, 0.6) is 11.5 Å². The van der Waals surface area contributed by atoms with Gasteiger partial charge in [0.25, 0.3) is 0 Å². The first-order valence-electron chi connectivity index (χ1n) is 37.4. The molecule has 4 aromatic heterocycles.